The summed E-state index contributed by atoms with van der Waals surface area (Å²) in [5, 5.41) is 0. The van der Waals surface area contributed by atoms with Gasteiger partial charge in [0.2, 0.25) is 15.9 Å². The highest BCUT2D eigenvalue weighted by atomic mass is 32.2. The molecule has 1 aromatic rings. The Hall–Kier alpha value is -2.13. The molecule has 3 rings (SSSR count). The number of amides is 2. The van der Waals surface area contributed by atoms with Crippen molar-refractivity contribution in [1.82, 2.24) is 14.1 Å². The Morgan fingerprint density at radius 3 is 2.19 bits per heavy atom. The molecule has 0 unspecified atom stereocenters. The van der Waals surface area contributed by atoms with Crippen LogP contribution in [0.1, 0.15) is 38.7 Å². The minimum atomic E-state index is -3.54. The molecular weight excluding hydrogens is 430 g/mol. The fourth-order valence-corrected chi connectivity index (χ4v) is 5.58. The van der Waals surface area contributed by atoms with Crippen LogP contribution in [0.15, 0.2) is 29.2 Å². The summed E-state index contributed by atoms with van der Waals surface area (Å²) in [5.74, 6) is 0.165. The van der Waals surface area contributed by atoms with Gasteiger partial charge in [-0.25, -0.2) is 13.2 Å². The molecule has 178 valence electrons. The highest BCUT2D eigenvalue weighted by Crippen LogP contribution is 2.26. The minimum absolute atomic E-state index is 0.0646. The Kier molecular flexibility index (Phi) is 8.16. The molecule has 8 nitrogen and oxygen atoms in total. The number of sulfonamides is 1. The van der Waals surface area contributed by atoms with Crippen LogP contribution >= 0.6 is 0 Å². The third kappa shape index (κ3) is 6.01. The molecule has 0 aromatic heterocycles. The smallest absolute Gasteiger partial charge is 0.409 e. The highest BCUT2D eigenvalue weighted by Gasteiger charge is 2.34. The zero-order valence-corrected chi connectivity index (χ0v) is 20.1. The summed E-state index contributed by atoms with van der Waals surface area (Å²) in [6.45, 7) is 9.11. The Balaban J connectivity index is 1.52. The standard InChI is InChI=1S/C23H35N3O5S/c1-18(2)17-31-23(28)25-12-4-11-24(15-16-25)22(27)20-9-13-26(14-10-20)32(29,30)21-7-5-19(3)6-8-21/h5-8,18,20H,4,9-17H2,1-3H3. The summed E-state index contributed by atoms with van der Waals surface area (Å²) in [6.07, 6.45) is 1.42. The second kappa shape index (κ2) is 10.7. The summed E-state index contributed by atoms with van der Waals surface area (Å²) >= 11 is 0. The van der Waals surface area contributed by atoms with E-state index in [0.717, 1.165) is 5.56 Å². The van der Waals surface area contributed by atoms with Crippen molar-refractivity contribution in [3.8, 4) is 0 Å². The fraction of sp³-hybridized carbons (Fsp3) is 0.652. The van der Waals surface area contributed by atoms with Crippen LogP contribution in [-0.4, -0.2) is 80.4 Å². The molecule has 9 heteroatoms. The molecule has 0 spiro atoms. The summed E-state index contributed by atoms with van der Waals surface area (Å²) in [5.41, 5.74) is 1.01. The first-order valence-electron chi connectivity index (χ1n) is 11.5. The molecule has 2 saturated heterocycles. The molecule has 1 aromatic carbocycles. The number of nitrogens with zero attached hydrogens (tertiary/aromatic N) is 3. The molecule has 2 amide bonds. The van der Waals surface area contributed by atoms with E-state index in [1.807, 2.05) is 25.7 Å². The first-order chi connectivity index (χ1) is 15.2. The van der Waals surface area contributed by atoms with E-state index >= 15 is 0 Å². The summed E-state index contributed by atoms with van der Waals surface area (Å²) < 4.78 is 32.6. The molecule has 0 saturated carbocycles. The van der Waals surface area contributed by atoms with Gasteiger partial charge in [-0.15, -0.1) is 0 Å². The van der Waals surface area contributed by atoms with Crippen LogP contribution in [0.4, 0.5) is 4.79 Å². The molecular formula is C23H35N3O5S. The lowest BCUT2D eigenvalue weighted by molar-refractivity contribution is -0.136. The number of carbonyl (C=O) groups is 2. The van der Waals surface area contributed by atoms with Gasteiger partial charge in [0.15, 0.2) is 0 Å². The lowest BCUT2D eigenvalue weighted by Gasteiger charge is -2.33. The van der Waals surface area contributed by atoms with Crippen LogP contribution in [-0.2, 0) is 19.6 Å². The summed E-state index contributed by atoms with van der Waals surface area (Å²) in [7, 11) is -3.54. The second-order valence-electron chi connectivity index (χ2n) is 9.13. The van der Waals surface area contributed by atoms with Gasteiger partial charge in [0.25, 0.3) is 0 Å². The maximum atomic E-state index is 13.1. The SMILES string of the molecule is Cc1ccc(S(=O)(=O)N2CCC(C(=O)N3CCCN(C(=O)OCC(C)C)CC3)CC2)cc1. The van der Waals surface area contributed by atoms with Gasteiger partial charge >= 0.3 is 6.09 Å². The Morgan fingerprint density at radius 1 is 0.969 bits per heavy atom. The van der Waals surface area contributed by atoms with Crippen LogP contribution in [0, 0.1) is 18.8 Å². The van der Waals surface area contributed by atoms with Crippen LogP contribution in [0.2, 0.25) is 0 Å². The van der Waals surface area contributed by atoms with Gasteiger partial charge in [-0.05, 0) is 44.2 Å². The Bertz CT molecular complexity index is 893. The zero-order valence-electron chi connectivity index (χ0n) is 19.3. The number of piperidine rings is 1. The minimum Gasteiger partial charge on any atom is -0.449 e. The van der Waals surface area contributed by atoms with E-state index < -0.39 is 10.0 Å². The second-order valence-corrected chi connectivity index (χ2v) is 11.1. The van der Waals surface area contributed by atoms with Crippen LogP contribution in [0.3, 0.4) is 0 Å². The molecule has 0 atom stereocenters. The molecule has 0 aliphatic carbocycles. The maximum Gasteiger partial charge on any atom is 0.409 e. The Labute approximate surface area is 191 Å². The largest absolute Gasteiger partial charge is 0.449 e. The molecule has 0 N–H and O–H groups in total. The number of benzene rings is 1. The summed E-state index contributed by atoms with van der Waals surface area (Å²) in [6, 6.07) is 6.86. The normalized spacial score (nSPS) is 19.1. The highest BCUT2D eigenvalue weighted by molar-refractivity contribution is 7.89. The van der Waals surface area contributed by atoms with E-state index in [4.69, 9.17) is 4.74 Å². The van der Waals surface area contributed by atoms with E-state index in [2.05, 4.69) is 0 Å². The molecule has 32 heavy (non-hydrogen) atoms. The van der Waals surface area contributed by atoms with Crippen molar-refractivity contribution in [1.29, 1.82) is 0 Å². The first kappa shape index (κ1) is 24.5. The lowest BCUT2D eigenvalue weighted by Crippen LogP contribution is -2.45. The molecule has 2 fully saturated rings. The number of ether oxygens (including phenoxy) is 1. The van der Waals surface area contributed by atoms with Gasteiger partial charge in [-0.2, -0.15) is 4.31 Å². The number of carbonyl (C=O) groups excluding carboxylic acids is 2. The number of aryl methyl sites for hydroxylation is 1. The topological polar surface area (TPSA) is 87.2 Å². The van der Waals surface area contributed by atoms with E-state index in [1.54, 1.807) is 29.2 Å². The Morgan fingerprint density at radius 2 is 1.56 bits per heavy atom. The predicted octanol–water partition coefficient (Wildman–Crippen LogP) is 2.72. The molecule has 2 aliphatic rings. The molecule has 0 radical (unpaired) electrons. The van der Waals surface area contributed by atoms with E-state index in [1.165, 1.54) is 4.31 Å². The summed E-state index contributed by atoms with van der Waals surface area (Å²) in [4.78, 5) is 29.1. The quantitative estimate of drug-likeness (QED) is 0.667. The lowest BCUT2D eigenvalue weighted by atomic mass is 9.96. The van der Waals surface area contributed by atoms with Crippen molar-refractivity contribution in [2.45, 2.75) is 44.9 Å². The monoisotopic (exact) mass is 465 g/mol. The van der Waals surface area contributed by atoms with Crippen LogP contribution in [0.5, 0.6) is 0 Å². The van der Waals surface area contributed by atoms with Gasteiger partial charge in [0.1, 0.15) is 0 Å². The van der Waals surface area contributed by atoms with Crippen molar-refractivity contribution in [2.75, 3.05) is 45.9 Å². The molecule has 2 heterocycles. The van der Waals surface area contributed by atoms with E-state index in [-0.39, 0.29) is 23.8 Å². The number of hydrogen-bond donors (Lipinski definition) is 0. The van der Waals surface area contributed by atoms with Gasteiger partial charge < -0.3 is 14.5 Å². The van der Waals surface area contributed by atoms with E-state index in [0.29, 0.717) is 70.0 Å². The third-order valence-corrected chi connectivity index (χ3v) is 7.98. The van der Waals surface area contributed by atoms with Crippen molar-refractivity contribution in [2.24, 2.45) is 11.8 Å². The van der Waals surface area contributed by atoms with Gasteiger partial charge in [-0.1, -0.05) is 31.5 Å². The van der Waals surface area contributed by atoms with Crippen molar-refractivity contribution >= 4 is 22.0 Å². The maximum absolute atomic E-state index is 13.1. The first-order valence-corrected chi connectivity index (χ1v) is 12.9. The van der Waals surface area contributed by atoms with Crippen molar-refractivity contribution in [3.63, 3.8) is 0 Å². The fourth-order valence-electron chi connectivity index (χ4n) is 4.11. The average molecular weight is 466 g/mol. The van der Waals surface area contributed by atoms with Crippen molar-refractivity contribution < 1.29 is 22.7 Å². The number of hydrogen-bond acceptors (Lipinski definition) is 5. The van der Waals surface area contributed by atoms with Gasteiger partial charge in [0.05, 0.1) is 11.5 Å². The average Bonchev–Trinajstić information content (AvgIpc) is 3.04. The molecule has 0 bridgehead atoms. The van der Waals surface area contributed by atoms with E-state index in [9.17, 15) is 18.0 Å². The predicted molar refractivity (Wildman–Crippen MR) is 122 cm³/mol. The number of rotatable bonds is 5. The van der Waals surface area contributed by atoms with Crippen LogP contribution < -0.4 is 0 Å². The van der Waals surface area contributed by atoms with Gasteiger partial charge in [-0.3, -0.25) is 4.79 Å². The van der Waals surface area contributed by atoms with Crippen molar-refractivity contribution in [3.05, 3.63) is 29.8 Å². The third-order valence-electron chi connectivity index (χ3n) is 6.07. The molecule has 2 aliphatic heterocycles. The zero-order chi connectivity index (χ0) is 23.3. The van der Waals surface area contributed by atoms with Crippen LogP contribution in [0.25, 0.3) is 0 Å². The van der Waals surface area contributed by atoms with Gasteiger partial charge in [0, 0.05) is 45.2 Å².